The second kappa shape index (κ2) is 11.8. The van der Waals surface area contributed by atoms with Crippen molar-refractivity contribution in [3.8, 4) is 0 Å². The van der Waals surface area contributed by atoms with Crippen molar-refractivity contribution in [2.24, 2.45) is 28.6 Å². The van der Waals surface area contributed by atoms with Gasteiger partial charge in [0.05, 0.1) is 18.4 Å². The first-order valence-electron chi connectivity index (χ1n) is 16.3. The smallest absolute Gasteiger partial charge is 0.407 e. The highest BCUT2D eigenvalue weighted by Gasteiger charge is 2.70. The summed E-state index contributed by atoms with van der Waals surface area (Å²) in [6, 6.07) is 3.14. The summed E-state index contributed by atoms with van der Waals surface area (Å²) in [6.45, 7) is 8.70. The number of rotatable bonds is 6. The van der Waals surface area contributed by atoms with E-state index in [4.69, 9.17) is 13.9 Å². The second-order valence-corrected chi connectivity index (χ2v) is 14.4. The third-order valence-corrected chi connectivity index (χ3v) is 12.3. The number of carbonyl (C=O) groups is 3. The molecule has 3 N–H and O–H groups in total. The Kier molecular flexibility index (Phi) is 8.32. The van der Waals surface area contributed by atoms with Crippen LogP contribution in [0.3, 0.4) is 0 Å². The largest absolute Gasteiger partial charge is 0.462 e. The van der Waals surface area contributed by atoms with E-state index in [1.807, 2.05) is 4.90 Å². The molecule has 6 rings (SSSR count). The van der Waals surface area contributed by atoms with Gasteiger partial charge >= 0.3 is 17.7 Å². The van der Waals surface area contributed by atoms with Crippen LogP contribution in [-0.4, -0.2) is 78.5 Å². The number of fused-ring (bicyclic) bond motifs is 5. The summed E-state index contributed by atoms with van der Waals surface area (Å²) in [5.74, 6) is 0.107. The molecule has 0 spiro atoms. The fourth-order valence-corrected chi connectivity index (χ4v) is 10.1. The van der Waals surface area contributed by atoms with Gasteiger partial charge in [-0.15, -0.1) is 0 Å². The van der Waals surface area contributed by atoms with E-state index in [1.165, 1.54) is 19.3 Å². The Labute approximate surface area is 258 Å². The maximum Gasteiger partial charge on any atom is 0.407 e. The van der Waals surface area contributed by atoms with Crippen LogP contribution in [-0.2, 0) is 19.1 Å². The zero-order valence-corrected chi connectivity index (χ0v) is 26.1. The van der Waals surface area contributed by atoms with E-state index in [2.05, 4.69) is 24.5 Å². The van der Waals surface area contributed by atoms with Gasteiger partial charge < -0.3 is 29.6 Å². The number of aliphatic hydroxyl groups is 1. The maximum absolute atomic E-state index is 12.7. The highest BCUT2D eigenvalue weighted by Crippen LogP contribution is 2.71. The first-order chi connectivity index (χ1) is 20.9. The molecule has 0 aromatic carbocycles. The lowest BCUT2D eigenvalue weighted by molar-refractivity contribution is -0.205. The second-order valence-electron chi connectivity index (χ2n) is 14.4. The molecule has 1 aliphatic heterocycles. The monoisotopic (exact) mass is 613 g/mol. The zero-order valence-electron chi connectivity index (χ0n) is 26.1. The third kappa shape index (κ3) is 5.44. The minimum Gasteiger partial charge on any atom is -0.462 e. The Balaban J connectivity index is 1.12. The van der Waals surface area contributed by atoms with Crippen LogP contribution in [0.25, 0.3) is 0 Å². The van der Waals surface area contributed by atoms with Crippen molar-refractivity contribution < 1.29 is 33.4 Å². The molecule has 2 amide bonds. The van der Waals surface area contributed by atoms with Crippen LogP contribution in [0.5, 0.6) is 0 Å². The zero-order chi connectivity index (χ0) is 31.3. The van der Waals surface area contributed by atoms with E-state index in [0.717, 1.165) is 57.1 Å². The van der Waals surface area contributed by atoms with Crippen LogP contribution in [0.4, 0.5) is 4.79 Å². The summed E-state index contributed by atoms with van der Waals surface area (Å²) in [5.41, 5.74) is -1.22. The van der Waals surface area contributed by atoms with E-state index in [0.29, 0.717) is 44.4 Å². The van der Waals surface area contributed by atoms with Gasteiger partial charge in [-0.3, -0.25) is 14.5 Å². The maximum atomic E-state index is 12.7. The number of esters is 1. The molecular weight excluding hydrogens is 566 g/mol. The minimum atomic E-state index is -1.03. The third-order valence-electron chi connectivity index (χ3n) is 12.3. The number of carbonyl (C=O) groups excluding carboxylic acids is 3. The lowest BCUT2D eigenvalue weighted by Gasteiger charge is -2.63. The average molecular weight is 614 g/mol. The first-order valence-corrected chi connectivity index (χ1v) is 16.3. The molecule has 0 unspecified atom stereocenters. The fraction of sp³-hybridized carbons (Fsp3) is 0.758. The summed E-state index contributed by atoms with van der Waals surface area (Å²) >= 11 is 0. The molecule has 0 radical (unpaired) electrons. The Morgan fingerprint density at radius 3 is 2.66 bits per heavy atom. The number of alkyl carbamates (subject to hydrolysis) is 1. The first kappa shape index (κ1) is 31.1. The number of hydrogen-bond acceptors (Lipinski definition) is 9. The van der Waals surface area contributed by atoms with Gasteiger partial charge in [0.15, 0.2) is 0 Å². The Hall–Kier alpha value is -2.92. The predicted molar refractivity (Wildman–Crippen MR) is 160 cm³/mol. The Bertz CT molecular complexity index is 1310. The molecule has 4 saturated carbocycles. The molecule has 5 aliphatic rings. The number of nitrogens with zero attached hydrogens (tertiary/aromatic N) is 1. The van der Waals surface area contributed by atoms with E-state index in [9.17, 15) is 24.3 Å². The molecule has 44 heavy (non-hydrogen) atoms. The standard InChI is InChI=1S/C33H47N3O8/c1-20(37)43-26-17-33(41)25-6-5-22-16-23(44-30(40)35-13-15-36-14-12-34-27(38)18-36)8-10-31(22,2)24(25)9-11-32(33,3)29(26)21-4-7-28(39)42-19-21/h4,7,19,22-26,29,41H,5-6,8-18H2,1-3H3,(H,34,38)(H,35,40)/t22-,23+,24+,25-,26+,29+,31+,32-,33+/m1/s1. The van der Waals surface area contributed by atoms with Crippen molar-refractivity contribution in [2.45, 2.75) is 95.9 Å². The molecule has 1 aromatic heterocycles. The lowest BCUT2D eigenvalue weighted by Crippen LogP contribution is -2.62. The van der Waals surface area contributed by atoms with Gasteiger partial charge in [-0.2, -0.15) is 0 Å². The number of ether oxygens (including phenoxy) is 2. The highest BCUT2D eigenvalue weighted by molar-refractivity contribution is 5.78. The topological polar surface area (TPSA) is 147 Å². The fourth-order valence-electron chi connectivity index (χ4n) is 10.1. The van der Waals surface area contributed by atoms with Crippen LogP contribution in [0.1, 0.15) is 83.6 Å². The summed E-state index contributed by atoms with van der Waals surface area (Å²) in [5, 5.41) is 18.4. The molecule has 5 fully saturated rings. The van der Waals surface area contributed by atoms with Gasteiger partial charge in [0, 0.05) is 56.9 Å². The van der Waals surface area contributed by atoms with E-state index >= 15 is 0 Å². The van der Waals surface area contributed by atoms with Gasteiger partial charge in [0.2, 0.25) is 5.91 Å². The van der Waals surface area contributed by atoms with Crippen LogP contribution >= 0.6 is 0 Å². The van der Waals surface area contributed by atoms with Crippen molar-refractivity contribution in [3.05, 3.63) is 34.4 Å². The number of nitrogens with one attached hydrogen (secondary N) is 2. The molecule has 4 aliphatic carbocycles. The molecule has 11 nitrogen and oxygen atoms in total. The van der Waals surface area contributed by atoms with E-state index < -0.39 is 28.8 Å². The molecule has 9 atom stereocenters. The predicted octanol–water partition coefficient (Wildman–Crippen LogP) is 2.95. The molecule has 2 heterocycles. The van der Waals surface area contributed by atoms with Crippen molar-refractivity contribution in [1.29, 1.82) is 0 Å². The number of piperazine rings is 1. The van der Waals surface area contributed by atoms with Gasteiger partial charge in [0.1, 0.15) is 12.2 Å². The average Bonchev–Trinajstić information content (AvgIpc) is 3.19. The molecular formula is C33H47N3O8. The van der Waals surface area contributed by atoms with Gasteiger partial charge in [-0.1, -0.05) is 13.8 Å². The van der Waals surface area contributed by atoms with Crippen LogP contribution < -0.4 is 16.3 Å². The van der Waals surface area contributed by atoms with Gasteiger partial charge in [-0.25, -0.2) is 9.59 Å². The van der Waals surface area contributed by atoms with Gasteiger partial charge in [0.25, 0.3) is 0 Å². The molecule has 11 heteroatoms. The minimum absolute atomic E-state index is 0.0107. The van der Waals surface area contributed by atoms with Crippen molar-refractivity contribution in [1.82, 2.24) is 15.5 Å². The lowest BCUT2D eigenvalue weighted by atomic mass is 9.43. The normalized spacial score (nSPS) is 40.1. The molecule has 1 saturated heterocycles. The Morgan fingerprint density at radius 1 is 1.11 bits per heavy atom. The van der Waals surface area contributed by atoms with Crippen LogP contribution in [0.15, 0.2) is 27.6 Å². The SMILES string of the molecule is CC(=O)O[C@H]1C[C@]2(O)[C@@H]3CC[C@@H]4C[C@@H](OC(=O)NCCN5CCNC(=O)C5)CC[C@]4(C)[C@H]3CC[C@]2(C)[C@H]1c1ccc(=O)oc1. The number of hydrogen-bond donors (Lipinski definition) is 3. The van der Waals surface area contributed by atoms with E-state index in [-0.39, 0.29) is 35.2 Å². The number of amides is 2. The summed E-state index contributed by atoms with van der Waals surface area (Å²) in [6.07, 6.45) is 6.84. The summed E-state index contributed by atoms with van der Waals surface area (Å²) < 4.78 is 17.0. The van der Waals surface area contributed by atoms with Crippen molar-refractivity contribution in [2.75, 3.05) is 32.7 Å². The van der Waals surface area contributed by atoms with E-state index in [1.54, 1.807) is 6.07 Å². The molecule has 0 bridgehead atoms. The molecule has 1 aromatic rings. The summed E-state index contributed by atoms with van der Waals surface area (Å²) in [7, 11) is 0. The van der Waals surface area contributed by atoms with Gasteiger partial charge in [-0.05, 0) is 79.7 Å². The van der Waals surface area contributed by atoms with Crippen molar-refractivity contribution >= 4 is 18.0 Å². The van der Waals surface area contributed by atoms with Crippen molar-refractivity contribution in [3.63, 3.8) is 0 Å². The summed E-state index contributed by atoms with van der Waals surface area (Å²) in [4.78, 5) is 50.1. The quantitative estimate of drug-likeness (QED) is 0.412. The van der Waals surface area contributed by atoms with Crippen LogP contribution in [0, 0.1) is 28.6 Å². The molecule has 242 valence electrons. The van der Waals surface area contributed by atoms with Crippen LogP contribution in [0.2, 0.25) is 0 Å². The highest BCUT2D eigenvalue weighted by atomic mass is 16.6. The Morgan fingerprint density at radius 2 is 1.93 bits per heavy atom.